The molecule has 0 radical (unpaired) electrons. The molecule has 170 valence electrons. The van der Waals surface area contributed by atoms with Crippen LogP contribution in [0.15, 0.2) is 47.4 Å². The van der Waals surface area contributed by atoms with Gasteiger partial charge < -0.3 is 15.0 Å². The summed E-state index contributed by atoms with van der Waals surface area (Å²) < 4.78 is 31.1. The molecule has 0 aromatic heterocycles. The van der Waals surface area contributed by atoms with Gasteiger partial charge in [0.2, 0.25) is 10.0 Å². The van der Waals surface area contributed by atoms with Crippen molar-refractivity contribution in [2.75, 3.05) is 24.5 Å². The van der Waals surface area contributed by atoms with Crippen LogP contribution in [0.25, 0.3) is 0 Å². The van der Waals surface area contributed by atoms with E-state index in [1.807, 2.05) is 6.07 Å². The fraction of sp³-hybridized carbons (Fsp3) is 0.435. The van der Waals surface area contributed by atoms with Crippen molar-refractivity contribution < 1.29 is 17.9 Å². The van der Waals surface area contributed by atoms with E-state index in [4.69, 9.17) is 9.88 Å². The molecule has 0 aliphatic rings. The minimum atomic E-state index is -4.15. The van der Waals surface area contributed by atoms with E-state index in [-0.39, 0.29) is 22.1 Å². The molecule has 3 N–H and O–H groups in total. The van der Waals surface area contributed by atoms with Gasteiger partial charge in [-0.15, -0.1) is 0 Å². The van der Waals surface area contributed by atoms with Gasteiger partial charge in [-0.2, -0.15) is 0 Å². The van der Waals surface area contributed by atoms with E-state index >= 15 is 0 Å². The van der Waals surface area contributed by atoms with Crippen LogP contribution < -0.4 is 20.1 Å². The monoisotopic (exact) mass is 447 g/mol. The lowest BCUT2D eigenvalue weighted by atomic mass is 10.1. The van der Waals surface area contributed by atoms with Crippen molar-refractivity contribution in [1.29, 1.82) is 0 Å². The molecule has 0 bridgehead atoms. The maximum atomic E-state index is 12.6. The summed E-state index contributed by atoms with van der Waals surface area (Å²) in [5.74, 6) is 0.283. The topological polar surface area (TPSA) is 102 Å². The zero-order valence-electron chi connectivity index (χ0n) is 18.6. The number of unbranched alkanes of at least 4 members (excludes halogenated alkanes) is 2. The summed E-state index contributed by atoms with van der Waals surface area (Å²) in [6.07, 6.45) is 3.81. The maximum Gasteiger partial charge on any atom is 0.251 e. The van der Waals surface area contributed by atoms with Gasteiger partial charge in [-0.1, -0.05) is 44.9 Å². The molecule has 31 heavy (non-hydrogen) atoms. The molecule has 0 spiro atoms. The molecule has 2 aromatic carbocycles. The summed E-state index contributed by atoms with van der Waals surface area (Å²) in [4.78, 5) is 14.5. The molecule has 0 unspecified atom stereocenters. The Morgan fingerprint density at radius 1 is 1.03 bits per heavy atom. The minimum absolute atomic E-state index is 0.147. The number of amides is 1. The first-order valence-corrected chi connectivity index (χ1v) is 12.3. The molecule has 0 saturated carbocycles. The van der Waals surface area contributed by atoms with E-state index in [1.54, 1.807) is 37.3 Å². The van der Waals surface area contributed by atoms with Crippen molar-refractivity contribution in [2.45, 2.75) is 51.3 Å². The number of rotatable bonds is 12. The first-order valence-electron chi connectivity index (χ1n) is 10.8. The van der Waals surface area contributed by atoms with Crippen molar-refractivity contribution in [3.05, 3.63) is 48.0 Å². The Morgan fingerprint density at radius 2 is 1.65 bits per heavy atom. The fourth-order valence-corrected chi connectivity index (χ4v) is 3.88. The Bertz CT molecular complexity index is 954. The SMILES string of the molecule is CCCCN(CCCC)c1cc(C(=O)NCC)cc(S(N)(=O)=O)c1Oc1ccccc1. The van der Waals surface area contributed by atoms with Gasteiger partial charge in [0.25, 0.3) is 5.91 Å². The maximum absolute atomic E-state index is 12.6. The summed E-state index contributed by atoms with van der Waals surface area (Å²) >= 11 is 0. The number of hydrogen-bond acceptors (Lipinski definition) is 5. The van der Waals surface area contributed by atoms with Crippen LogP contribution >= 0.6 is 0 Å². The summed E-state index contributed by atoms with van der Waals surface area (Å²) in [6, 6.07) is 11.9. The highest BCUT2D eigenvalue weighted by atomic mass is 32.2. The number of anilines is 1. The van der Waals surface area contributed by atoms with E-state index in [0.717, 1.165) is 25.7 Å². The Hall–Kier alpha value is -2.58. The second-order valence-electron chi connectivity index (χ2n) is 7.34. The Kier molecular flexibility index (Phi) is 9.33. The zero-order chi connectivity index (χ0) is 22.9. The second-order valence-corrected chi connectivity index (χ2v) is 8.87. The standard InChI is InChI=1S/C23H33N3O4S/c1-4-7-14-26(15-8-5-2)20-16-18(23(27)25-6-3)17-21(31(24,28)29)22(20)30-19-12-10-9-11-13-19/h9-13,16-17H,4-8,14-15H2,1-3H3,(H,25,27)(H2,24,28,29). The second kappa shape index (κ2) is 11.7. The lowest BCUT2D eigenvalue weighted by Gasteiger charge is -2.28. The largest absolute Gasteiger partial charge is 0.454 e. The number of carbonyl (C=O) groups excluding carboxylic acids is 1. The smallest absolute Gasteiger partial charge is 0.251 e. The Labute approximate surface area is 185 Å². The van der Waals surface area contributed by atoms with Crippen LogP contribution in [-0.4, -0.2) is 34.0 Å². The average molecular weight is 448 g/mol. The first-order chi connectivity index (χ1) is 14.8. The van der Waals surface area contributed by atoms with Crippen LogP contribution in [0.2, 0.25) is 0 Å². The highest BCUT2D eigenvalue weighted by Crippen LogP contribution is 2.39. The number of hydrogen-bond donors (Lipinski definition) is 2. The third-order valence-corrected chi connectivity index (χ3v) is 5.72. The average Bonchev–Trinajstić information content (AvgIpc) is 2.74. The van der Waals surface area contributed by atoms with Crippen LogP contribution in [0, 0.1) is 0 Å². The predicted octanol–water partition coefficient (Wildman–Crippen LogP) is 4.28. The summed E-state index contributed by atoms with van der Waals surface area (Å²) in [5, 5.41) is 8.29. The van der Waals surface area contributed by atoms with Crippen molar-refractivity contribution in [3.63, 3.8) is 0 Å². The van der Waals surface area contributed by atoms with Gasteiger partial charge in [0, 0.05) is 25.2 Å². The molecular formula is C23H33N3O4S. The molecule has 0 aliphatic carbocycles. The molecular weight excluding hydrogens is 414 g/mol. The summed E-state index contributed by atoms with van der Waals surface area (Å²) in [6.45, 7) is 7.85. The van der Waals surface area contributed by atoms with Crippen LogP contribution in [0.3, 0.4) is 0 Å². The number of benzene rings is 2. The molecule has 0 saturated heterocycles. The van der Waals surface area contributed by atoms with Crippen molar-refractivity contribution >= 4 is 21.6 Å². The van der Waals surface area contributed by atoms with Crippen LogP contribution in [0.5, 0.6) is 11.5 Å². The third-order valence-electron chi connectivity index (χ3n) is 4.81. The van der Waals surface area contributed by atoms with E-state index in [9.17, 15) is 13.2 Å². The van der Waals surface area contributed by atoms with Crippen molar-refractivity contribution in [2.24, 2.45) is 5.14 Å². The lowest BCUT2D eigenvalue weighted by molar-refractivity contribution is 0.0955. The number of primary sulfonamides is 1. The van der Waals surface area contributed by atoms with Crippen LogP contribution in [0.4, 0.5) is 5.69 Å². The first kappa shape index (κ1) is 24.7. The van der Waals surface area contributed by atoms with Crippen LogP contribution in [-0.2, 0) is 10.0 Å². The lowest BCUT2D eigenvalue weighted by Crippen LogP contribution is -2.29. The number of nitrogens with one attached hydrogen (secondary N) is 1. The molecule has 1 amide bonds. The minimum Gasteiger partial charge on any atom is -0.454 e. The van der Waals surface area contributed by atoms with Gasteiger partial charge in [-0.05, 0) is 44.0 Å². The number of carbonyl (C=O) groups is 1. The van der Waals surface area contributed by atoms with E-state index in [1.165, 1.54) is 6.07 Å². The third kappa shape index (κ3) is 6.97. The van der Waals surface area contributed by atoms with Gasteiger partial charge in [0.1, 0.15) is 10.6 Å². The highest BCUT2D eigenvalue weighted by molar-refractivity contribution is 7.89. The van der Waals surface area contributed by atoms with Crippen molar-refractivity contribution in [1.82, 2.24) is 5.32 Å². The molecule has 8 heteroatoms. The van der Waals surface area contributed by atoms with E-state index in [2.05, 4.69) is 24.1 Å². The van der Waals surface area contributed by atoms with Crippen LogP contribution in [0.1, 0.15) is 56.8 Å². The number of nitrogens with two attached hydrogens (primary N) is 1. The number of ether oxygens (including phenoxy) is 1. The molecule has 2 aromatic rings. The van der Waals surface area contributed by atoms with Gasteiger partial charge in [0.05, 0.1) is 5.69 Å². The van der Waals surface area contributed by atoms with Gasteiger partial charge in [-0.25, -0.2) is 13.6 Å². The van der Waals surface area contributed by atoms with Crippen molar-refractivity contribution in [3.8, 4) is 11.5 Å². The molecule has 7 nitrogen and oxygen atoms in total. The molecule has 0 heterocycles. The van der Waals surface area contributed by atoms with Gasteiger partial charge >= 0.3 is 0 Å². The summed E-state index contributed by atoms with van der Waals surface area (Å²) in [5.41, 5.74) is 0.790. The fourth-order valence-electron chi connectivity index (χ4n) is 3.19. The predicted molar refractivity (Wildman–Crippen MR) is 124 cm³/mol. The summed E-state index contributed by atoms with van der Waals surface area (Å²) in [7, 11) is -4.15. The van der Waals surface area contributed by atoms with E-state index < -0.39 is 10.0 Å². The normalized spacial score (nSPS) is 11.2. The molecule has 0 atom stereocenters. The molecule has 0 fully saturated rings. The molecule has 2 rings (SSSR count). The number of sulfonamides is 1. The number of para-hydroxylation sites is 1. The Morgan fingerprint density at radius 3 is 2.16 bits per heavy atom. The quantitative estimate of drug-likeness (QED) is 0.506. The zero-order valence-corrected chi connectivity index (χ0v) is 19.4. The van der Waals surface area contributed by atoms with E-state index in [0.29, 0.717) is 31.1 Å². The van der Waals surface area contributed by atoms with Gasteiger partial charge in [-0.3, -0.25) is 4.79 Å². The van der Waals surface area contributed by atoms with Gasteiger partial charge in [0.15, 0.2) is 5.75 Å². The number of nitrogens with zero attached hydrogens (tertiary/aromatic N) is 1. The highest BCUT2D eigenvalue weighted by Gasteiger charge is 2.26. The molecule has 0 aliphatic heterocycles. The Balaban J connectivity index is 2.73.